The molecule has 16 heavy (non-hydrogen) atoms. The third kappa shape index (κ3) is 29.6. The largest absolute Gasteiger partial charge is 0.481 e. The average molecular weight is 222 g/mol. The topological polar surface area (TPSA) is 68.8 Å². The Hall–Kier alpha value is -1.89. The molecule has 0 saturated carbocycles. The Balaban J connectivity index is -0.000000242. The molecule has 0 spiro atoms. The zero-order chi connectivity index (χ0) is 12.1. The second-order valence-corrected chi connectivity index (χ2v) is 3.04. The Morgan fingerprint density at radius 3 is 2.12 bits per heavy atom. The van der Waals surface area contributed by atoms with Crippen molar-refractivity contribution in [1.29, 1.82) is 0 Å². The number of carboxylic acids is 1. The molecule has 0 aliphatic rings. The highest BCUT2D eigenvalue weighted by atomic mass is 16.4. The number of hydrogen-bond donors (Lipinski definition) is 1. The summed E-state index contributed by atoms with van der Waals surface area (Å²) >= 11 is 0. The molecule has 0 atom stereocenters. The van der Waals surface area contributed by atoms with Gasteiger partial charge in [-0.05, 0) is 29.6 Å². The van der Waals surface area contributed by atoms with Crippen molar-refractivity contribution >= 4 is 5.97 Å². The molecular weight excluding hydrogens is 204 g/mol. The van der Waals surface area contributed by atoms with E-state index in [4.69, 9.17) is 11.5 Å². The predicted octanol–water partition coefficient (Wildman–Crippen LogP) is 1.33. The third-order valence-corrected chi connectivity index (χ3v) is 1.10. The molecule has 3 nitrogen and oxygen atoms in total. The molecular formula is C13H18O3. The Labute approximate surface area is 97.6 Å². The van der Waals surface area contributed by atoms with Gasteiger partial charge in [0.2, 0.25) is 0 Å². The van der Waals surface area contributed by atoms with Gasteiger partial charge in [0.25, 0.3) is 0 Å². The highest BCUT2D eigenvalue weighted by Crippen LogP contribution is 1.94. The molecule has 0 bridgehead atoms. The second-order valence-electron chi connectivity index (χ2n) is 3.04. The van der Waals surface area contributed by atoms with E-state index in [0.29, 0.717) is 5.92 Å². The molecule has 88 valence electrons. The number of rotatable bonds is 2. The third-order valence-electron chi connectivity index (χ3n) is 1.10. The summed E-state index contributed by atoms with van der Waals surface area (Å²) in [5, 5.41) is 7.72. The maximum atomic E-state index is 9.37. The fourth-order valence-electron chi connectivity index (χ4n) is 0.367. The van der Waals surface area contributed by atoms with Crippen molar-refractivity contribution in [3.63, 3.8) is 0 Å². The van der Waals surface area contributed by atoms with Gasteiger partial charge in [-0.25, -0.2) is 0 Å². The lowest BCUT2D eigenvalue weighted by molar-refractivity contribution is -0.136. The first-order chi connectivity index (χ1) is 7.04. The van der Waals surface area contributed by atoms with Crippen molar-refractivity contribution < 1.29 is 15.4 Å². The first-order valence-electron chi connectivity index (χ1n) is 4.69. The van der Waals surface area contributed by atoms with E-state index in [0.717, 1.165) is 6.42 Å². The highest BCUT2D eigenvalue weighted by Gasteiger charge is 1.84. The van der Waals surface area contributed by atoms with Crippen molar-refractivity contribution in [3.8, 4) is 36.0 Å². The lowest BCUT2D eigenvalue weighted by Crippen LogP contribution is -1.86. The van der Waals surface area contributed by atoms with E-state index >= 15 is 0 Å². The van der Waals surface area contributed by atoms with Gasteiger partial charge in [-0.1, -0.05) is 26.7 Å². The van der Waals surface area contributed by atoms with Crippen LogP contribution in [-0.2, 0) is 4.79 Å². The molecule has 0 aromatic carbocycles. The number of hydrogen-bond acceptors (Lipinski definition) is 1. The van der Waals surface area contributed by atoms with E-state index in [9.17, 15) is 4.79 Å². The van der Waals surface area contributed by atoms with Gasteiger partial charge < -0.3 is 10.6 Å². The minimum Gasteiger partial charge on any atom is -0.481 e. The summed E-state index contributed by atoms with van der Waals surface area (Å²) in [7, 11) is 0. The fraction of sp³-hybridized carbons (Fsp3) is 0.462. The highest BCUT2D eigenvalue weighted by molar-refractivity contribution is 5.66. The van der Waals surface area contributed by atoms with Gasteiger partial charge in [0.15, 0.2) is 0 Å². The second kappa shape index (κ2) is 15.6. The Kier molecular flexibility index (Phi) is 19.1. The minimum absolute atomic E-state index is 0. The van der Waals surface area contributed by atoms with Crippen molar-refractivity contribution in [2.24, 2.45) is 5.92 Å². The molecule has 0 amide bonds. The average Bonchev–Trinajstić information content (AvgIpc) is 2.18. The SMILES string of the molecule is C#CC#CC#CCC(C)C.CCC(=O)O.O. The zero-order valence-electron chi connectivity index (χ0n) is 9.92. The molecule has 3 N–H and O–H groups in total. The predicted molar refractivity (Wildman–Crippen MR) is 65.4 cm³/mol. The van der Waals surface area contributed by atoms with Gasteiger partial charge in [-0.3, -0.25) is 4.79 Å². The number of terminal acetylenes is 1. The van der Waals surface area contributed by atoms with Crippen LogP contribution in [0.2, 0.25) is 0 Å². The smallest absolute Gasteiger partial charge is 0.303 e. The monoisotopic (exact) mass is 222 g/mol. The summed E-state index contributed by atoms with van der Waals surface area (Å²) < 4.78 is 0. The molecule has 0 rings (SSSR count). The van der Waals surface area contributed by atoms with Crippen LogP contribution in [0.15, 0.2) is 0 Å². The van der Waals surface area contributed by atoms with Crippen LogP contribution in [0, 0.1) is 41.9 Å². The summed E-state index contributed by atoms with van der Waals surface area (Å²) in [6, 6.07) is 0. The van der Waals surface area contributed by atoms with Crippen molar-refractivity contribution in [2.75, 3.05) is 0 Å². The normalized spacial score (nSPS) is 6.44. The van der Waals surface area contributed by atoms with Gasteiger partial charge in [0.05, 0.1) is 0 Å². The van der Waals surface area contributed by atoms with E-state index in [1.54, 1.807) is 6.92 Å². The van der Waals surface area contributed by atoms with Crippen molar-refractivity contribution in [1.82, 2.24) is 0 Å². The van der Waals surface area contributed by atoms with Crippen LogP contribution in [-0.4, -0.2) is 16.6 Å². The maximum Gasteiger partial charge on any atom is 0.303 e. The van der Waals surface area contributed by atoms with Crippen LogP contribution in [0.3, 0.4) is 0 Å². The Morgan fingerprint density at radius 1 is 1.31 bits per heavy atom. The van der Waals surface area contributed by atoms with E-state index in [1.165, 1.54) is 0 Å². The van der Waals surface area contributed by atoms with Crippen molar-refractivity contribution in [3.05, 3.63) is 0 Å². The first kappa shape index (κ1) is 19.6. The van der Waals surface area contributed by atoms with Crippen molar-refractivity contribution in [2.45, 2.75) is 33.6 Å². The molecule has 0 aliphatic carbocycles. The van der Waals surface area contributed by atoms with Crippen LogP contribution < -0.4 is 0 Å². The molecule has 0 saturated heterocycles. The fourth-order valence-corrected chi connectivity index (χ4v) is 0.367. The van der Waals surface area contributed by atoms with Crippen LogP contribution in [0.5, 0.6) is 0 Å². The van der Waals surface area contributed by atoms with E-state index < -0.39 is 5.97 Å². The zero-order valence-corrected chi connectivity index (χ0v) is 9.92. The lowest BCUT2D eigenvalue weighted by atomic mass is 10.1. The van der Waals surface area contributed by atoms with Gasteiger partial charge in [0.1, 0.15) is 0 Å². The van der Waals surface area contributed by atoms with E-state index in [2.05, 4.69) is 43.4 Å². The Bertz CT molecular complexity index is 326. The number of aliphatic carboxylic acids is 1. The van der Waals surface area contributed by atoms with Crippen LogP contribution in [0.25, 0.3) is 0 Å². The Morgan fingerprint density at radius 2 is 1.81 bits per heavy atom. The van der Waals surface area contributed by atoms with Gasteiger partial charge >= 0.3 is 5.97 Å². The molecule has 0 aliphatic heterocycles. The van der Waals surface area contributed by atoms with Gasteiger partial charge in [-0.2, -0.15) is 0 Å². The standard InChI is InChI=1S/C10H10.C3H6O2.H2O/c1-4-5-6-7-8-9-10(2)3;1-2-3(4)5;/h1,10H,9H2,2-3H3;2H2,1H3,(H,4,5);1H2. The molecule has 3 heteroatoms. The maximum absolute atomic E-state index is 9.37. The summed E-state index contributed by atoms with van der Waals surface area (Å²) in [5.41, 5.74) is 0. The minimum atomic E-state index is -0.745. The molecule has 0 radical (unpaired) electrons. The van der Waals surface area contributed by atoms with Gasteiger partial charge in [0, 0.05) is 12.8 Å². The molecule has 0 aromatic rings. The summed E-state index contributed by atoms with van der Waals surface area (Å²) in [6.45, 7) is 5.83. The molecule has 0 heterocycles. The summed E-state index contributed by atoms with van der Waals surface area (Å²) in [5.74, 6) is 12.6. The van der Waals surface area contributed by atoms with Crippen LogP contribution in [0.1, 0.15) is 33.6 Å². The summed E-state index contributed by atoms with van der Waals surface area (Å²) in [6.07, 6.45) is 5.99. The molecule has 0 aromatic heterocycles. The molecule has 0 unspecified atom stereocenters. The lowest BCUT2D eigenvalue weighted by Gasteiger charge is -1.90. The van der Waals surface area contributed by atoms with E-state index in [1.807, 2.05) is 0 Å². The quantitative estimate of drug-likeness (QED) is 0.716. The van der Waals surface area contributed by atoms with Crippen LogP contribution in [0.4, 0.5) is 0 Å². The van der Waals surface area contributed by atoms with E-state index in [-0.39, 0.29) is 11.9 Å². The van der Waals surface area contributed by atoms with Gasteiger partial charge in [-0.15, -0.1) is 6.42 Å². The number of carbonyl (C=O) groups is 1. The molecule has 0 fully saturated rings. The number of carboxylic acid groups (broad SMARTS) is 1. The first-order valence-corrected chi connectivity index (χ1v) is 4.69. The summed E-state index contributed by atoms with van der Waals surface area (Å²) in [4.78, 5) is 9.37. The van der Waals surface area contributed by atoms with Crippen LogP contribution >= 0.6 is 0 Å².